The van der Waals surface area contributed by atoms with Crippen LogP contribution in [0.15, 0.2) is 59.4 Å². The molecule has 0 spiro atoms. The lowest BCUT2D eigenvalue weighted by molar-refractivity contribution is -0.116. The highest BCUT2D eigenvalue weighted by Gasteiger charge is 2.19. The zero-order valence-corrected chi connectivity index (χ0v) is 18.9. The molecular formula is C23H18ClN5O2S. The molecule has 7 nitrogen and oxygen atoms in total. The van der Waals surface area contributed by atoms with E-state index in [4.69, 9.17) is 11.6 Å². The van der Waals surface area contributed by atoms with Crippen molar-refractivity contribution < 1.29 is 4.79 Å². The van der Waals surface area contributed by atoms with E-state index in [1.165, 1.54) is 15.9 Å². The van der Waals surface area contributed by atoms with E-state index in [0.29, 0.717) is 15.8 Å². The van der Waals surface area contributed by atoms with Crippen molar-refractivity contribution in [2.45, 2.75) is 20.4 Å². The molecule has 32 heavy (non-hydrogen) atoms. The molecule has 160 valence electrons. The molecule has 3 heterocycles. The summed E-state index contributed by atoms with van der Waals surface area (Å²) in [5.41, 5.74) is 3.50. The normalized spacial score (nSPS) is 11.3. The third kappa shape index (κ3) is 3.57. The second kappa shape index (κ2) is 7.89. The lowest BCUT2D eigenvalue weighted by Gasteiger charge is -2.12. The Kier molecular flexibility index (Phi) is 5.03. The summed E-state index contributed by atoms with van der Waals surface area (Å²) in [5, 5.41) is 9.38. The van der Waals surface area contributed by atoms with E-state index in [-0.39, 0.29) is 18.0 Å². The third-order valence-corrected chi connectivity index (χ3v) is 6.36. The van der Waals surface area contributed by atoms with Crippen LogP contribution in [0.1, 0.15) is 11.3 Å². The van der Waals surface area contributed by atoms with Gasteiger partial charge in [-0.1, -0.05) is 41.1 Å². The van der Waals surface area contributed by atoms with Gasteiger partial charge in [0.25, 0.3) is 5.56 Å². The lowest BCUT2D eigenvalue weighted by atomic mass is 10.1. The SMILES string of the molecule is Cc1cc(=O)n(CC(=O)Nc2nc3ccc(Cl)cc3s2)c2c1c(C)nn2-c1ccccc1. The number of amides is 1. The van der Waals surface area contributed by atoms with Crippen LogP contribution in [0, 0.1) is 13.8 Å². The minimum absolute atomic E-state index is 0.162. The van der Waals surface area contributed by atoms with Crippen molar-refractivity contribution in [3.8, 4) is 5.69 Å². The Morgan fingerprint density at radius 2 is 1.91 bits per heavy atom. The van der Waals surface area contributed by atoms with Crippen molar-refractivity contribution in [3.05, 3.63) is 81.2 Å². The summed E-state index contributed by atoms with van der Waals surface area (Å²) in [4.78, 5) is 30.3. The van der Waals surface area contributed by atoms with E-state index in [1.54, 1.807) is 28.9 Å². The number of aromatic nitrogens is 4. The first-order valence-corrected chi connectivity index (χ1v) is 11.1. The zero-order valence-electron chi connectivity index (χ0n) is 17.3. The highest BCUT2D eigenvalue weighted by atomic mass is 35.5. The molecule has 0 aliphatic carbocycles. The van der Waals surface area contributed by atoms with Gasteiger partial charge in [-0.3, -0.25) is 14.2 Å². The Labute approximate surface area is 191 Å². The second-order valence-electron chi connectivity index (χ2n) is 7.46. The maximum absolute atomic E-state index is 12.9. The highest BCUT2D eigenvalue weighted by Crippen LogP contribution is 2.28. The molecule has 5 rings (SSSR count). The molecule has 0 atom stereocenters. The summed E-state index contributed by atoms with van der Waals surface area (Å²) in [6, 6.07) is 16.5. The van der Waals surface area contributed by atoms with Crippen LogP contribution in [0.5, 0.6) is 0 Å². The molecule has 0 unspecified atom stereocenters. The van der Waals surface area contributed by atoms with Gasteiger partial charge in [-0.05, 0) is 49.7 Å². The number of nitrogens with zero attached hydrogens (tertiary/aromatic N) is 4. The number of benzene rings is 2. The summed E-state index contributed by atoms with van der Waals surface area (Å²) in [6.07, 6.45) is 0. The number of hydrogen-bond acceptors (Lipinski definition) is 5. The van der Waals surface area contributed by atoms with Crippen LogP contribution in [0.25, 0.3) is 26.9 Å². The van der Waals surface area contributed by atoms with Gasteiger partial charge in [0.05, 0.1) is 21.6 Å². The Balaban J connectivity index is 1.56. The van der Waals surface area contributed by atoms with Crippen LogP contribution >= 0.6 is 22.9 Å². The fraction of sp³-hybridized carbons (Fsp3) is 0.130. The number of carbonyl (C=O) groups excluding carboxylic acids is 1. The Morgan fingerprint density at radius 1 is 1.12 bits per heavy atom. The first-order valence-electron chi connectivity index (χ1n) is 9.92. The number of para-hydroxylation sites is 1. The summed E-state index contributed by atoms with van der Waals surface area (Å²) in [5.74, 6) is -0.346. The van der Waals surface area contributed by atoms with Crippen LogP contribution in [0.4, 0.5) is 5.13 Å². The smallest absolute Gasteiger partial charge is 0.252 e. The molecule has 3 aromatic heterocycles. The number of hydrogen-bond donors (Lipinski definition) is 1. The summed E-state index contributed by atoms with van der Waals surface area (Å²) in [6.45, 7) is 3.62. The highest BCUT2D eigenvalue weighted by molar-refractivity contribution is 7.22. The van der Waals surface area contributed by atoms with Crippen molar-refractivity contribution in [1.82, 2.24) is 19.3 Å². The third-order valence-electron chi connectivity index (χ3n) is 5.19. The van der Waals surface area contributed by atoms with Gasteiger partial charge in [0.15, 0.2) is 5.13 Å². The molecule has 0 radical (unpaired) electrons. The first-order chi connectivity index (χ1) is 15.4. The van der Waals surface area contributed by atoms with Crippen LogP contribution in [-0.4, -0.2) is 25.2 Å². The molecule has 9 heteroatoms. The Hall–Kier alpha value is -3.49. The molecule has 0 saturated carbocycles. The maximum Gasteiger partial charge on any atom is 0.252 e. The van der Waals surface area contributed by atoms with Gasteiger partial charge in [-0.25, -0.2) is 9.67 Å². The molecule has 2 aromatic carbocycles. The number of fused-ring (bicyclic) bond motifs is 2. The van der Waals surface area contributed by atoms with Crippen molar-refractivity contribution >= 4 is 55.2 Å². The first kappa shape index (κ1) is 20.4. The minimum Gasteiger partial charge on any atom is -0.300 e. The summed E-state index contributed by atoms with van der Waals surface area (Å²) < 4.78 is 4.04. The summed E-state index contributed by atoms with van der Waals surface area (Å²) in [7, 11) is 0. The topological polar surface area (TPSA) is 81.8 Å². The van der Waals surface area contributed by atoms with Gasteiger partial charge in [0.2, 0.25) is 5.91 Å². The number of halogens is 1. The van der Waals surface area contributed by atoms with Crippen LogP contribution in [-0.2, 0) is 11.3 Å². The van der Waals surface area contributed by atoms with Crippen molar-refractivity contribution in [3.63, 3.8) is 0 Å². The van der Waals surface area contributed by atoms with E-state index in [1.807, 2.05) is 44.2 Å². The number of anilines is 1. The standard InChI is InChI=1S/C23H18ClN5O2S/c1-13-10-20(31)28(22-21(13)14(2)27-29(22)16-6-4-3-5-7-16)12-19(30)26-23-25-17-9-8-15(24)11-18(17)32-23/h3-11H,12H2,1-2H3,(H,25,26,30). The Morgan fingerprint density at radius 3 is 2.69 bits per heavy atom. The number of pyridine rings is 1. The van der Waals surface area contributed by atoms with Gasteiger partial charge in [0, 0.05) is 16.5 Å². The zero-order chi connectivity index (χ0) is 22.4. The number of rotatable bonds is 4. The largest absolute Gasteiger partial charge is 0.300 e. The average molecular weight is 464 g/mol. The van der Waals surface area contributed by atoms with Gasteiger partial charge in [-0.15, -0.1) is 0 Å². The van der Waals surface area contributed by atoms with E-state index in [2.05, 4.69) is 15.4 Å². The molecule has 0 aliphatic heterocycles. The van der Waals surface area contributed by atoms with E-state index in [9.17, 15) is 9.59 Å². The molecule has 0 aliphatic rings. The maximum atomic E-state index is 12.9. The van der Waals surface area contributed by atoms with E-state index in [0.717, 1.165) is 32.5 Å². The number of aryl methyl sites for hydroxylation is 2. The van der Waals surface area contributed by atoms with Crippen LogP contribution < -0.4 is 10.9 Å². The van der Waals surface area contributed by atoms with E-state index < -0.39 is 0 Å². The van der Waals surface area contributed by atoms with Crippen molar-refractivity contribution in [2.75, 3.05) is 5.32 Å². The molecule has 1 N–H and O–H groups in total. The lowest BCUT2D eigenvalue weighted by Crippen LogP contribution is -2.28. The monoisotopic (exact) mass is 463 g/mol. The number of nitrogens with one attached hydrogen (secondary N) is 1. The quantitative estimate of drug-likeness (QED) is 0.418. The molecular weight excluding hydrogens is 446 g/mol. The van der Waals surface area contributed by atoms with Crippen LogP contribution in [0.3, 0.4) is 0 Å². The summed E-state index contributed by atoms with van der Waals surface area (Å²) >= 11 is 7.37. The molecule has 0 bridgehead atoms. The van der Waals surface area contributed by atoms with Gasteiger partial charge in [0.1, 0.15) is 12.2 Å². The molecule has 0 fully saturated rings. The second-order valence-corrected chi connectivity index (χ2v) is 8.93. The van der Waals surface area contributed by atoms with Gasteiger partial charge in [-0.2, -0.15) is 5.10 Å². The van der Waals surface area contributed by atoms with Gasteiger partial charge >= 0.3 is 0 Å². The predicted octanol–water partition coefficient (Wildman–Crippen LogP) is 4.71. The minimum atomic E-state index is -0.346. The van der Waals surface area contributed by atoms with Crippen molar-refractivity contribution in [2.24, 2.45) is 0 Å². The molecule has 1 amide bonds. The predicted molar refractivity (Wildman–Crippen MR) is 128 cm³/mol. The fourth-order valence-electron chi connectivity index (χ4n) is 3.82. The fourth-order valence-corrected chi connectivity index (χ4v) is 4.98. The Bertz CT molecular complexity index is 1550. The average Bonchev–Trinajstić information content (AvgIpc) is 3.31. The number of thiazole rings is 1. The van der Waals surface area contributed by atoms with E-state index >= 15 is 0 Å². The molecule has 5 aromatic rings. The van der Waals surface area contributed by atoms with Crippen molar-refractivity contribution in [1.29, 1.82) is 0 Å². The molecule has 0 saturated heterocycles. The van der Waals surface area contributed by atoms with Crippen LogP contribution in [0.2, 0.25) is 5.02 Å². The number of carbonyl (C=O) groups is 1. The van der Waals surface area contributed by atoms with Gasteiger partial charge < -0.3 is 5.32 Å².